The monoisotopic (exact) mass is 238 g/mol. The van der Waals surface area contributed by atoms with E-state index in [1.807, 2.05) is 0 Å². The van der Waals surface area contributed by atoms with Gasteiger partial charge in [-0.25, -0.2) is 0 Å². The van der Waals surface area contributed by atoms with Crippen molar-refractivity contribution in [2.45, 2.75) is 70.3 Å². The molecular formula is C15H30N2. The van der Waals surface area contributed by atoms with Crippen molar-refractivity contribution in [3.8, 4) is 0 Å². The number of nitrogens with two attached hydrogens (primary N) is 1. The lowest BCUT2D eigenvalue weighted by atomic mass is 9.75. The summed E-state index contributed by atoms with van der Waals surface area (Å²) >= 11 is 0. The van der Waals surface area contributed by atoms with Gasteiger partial charge in [0.05, 0.1) is 0 Å². The summed E-state index contributed by atoms with van der Waals surface area (Å²) in [6.07, 6.45) is 12.5. The minimum absolute atomic E-state index is 0.356. The van der Waals surface area contributed by atoms with Crippen LogP contribution in [0.15, 0.2) is 0 Å². The van der Waals surface area contributed by atoms with E-state index in [-0.39, 0.29) is 0 Å². The van der Waals surface area contributed by atoms with Gasteiger partial charge in [-0.15, -0.1) is 0 Å². The molecule has 2 fully saturated rings. The second kappa shape index (κ2) is 6.19. The van der Waals surface area contributed by atoms with Gasteiger partial charge in [-0.3, -0.25) is 4.90 Å². The van der Waals surface area contributed by atoms with E-state index in [9.17, 15) is 0 Å². The smallest absolute Gasteiger partial charge is 0.0334 e. The fourth-order valence-electron chi connectivity index (χ4n) is 3.96. The summed E-state index contributed by atoms with van der Waals surface area (Å²) < 4.78 is 0. The molecule has 0 radical (unpaired) electrons. The first-order valence-electron chi connectivity index (χ1n) is 7.72. The Morgan fingerprint density at radius 2 is 1.71 bits per heavy atom. The highest BCUT2D eigenvalue weighted by Crippen LogP contribution is 2.37. The number of hydrogen-bond donors (Lipinski definition) is 1. The van der Waals surface area contributed by atoms with Crippen molar-refractivity contribution in [1.29, 1.82) is 0 Å². The molecule has 2 unspecified atom stereocenters. The molecule has 2 nitrogen and oxygen atoms in total. The predicted octanol–water partition coefficient (Wildman–Crippen LogP) is 3.16. The van der Waals surface area contributed by atoms with Crippen molar-refractivity contribution in [3.05, 3.63) is 0 Å². The molecule has 0 bridgehead atoms. The standard InChI is InChI=1S/C15H30N2/c1-14-8-7-9-15(12-14,13-16)17-10-5-3-2-4-6-11-17/h14H,2-13,16H2,1H3. The maximum Gasteiger partial charge on any atom is 0.0334 e. The molecule has 1 aliphatic heterocycles. The van der Waals surface area contributed by atoms with Crippen LogP contribution in [-0.2, 0) is 0 Å². The van der Waals surface area contributed by atoms with Crippen LogP contribution in [0.25, 0.3) is 0 Å². The van der Waals surface area contributed by atoms with E-state index in [4.69, 9.17) is 5.73 Å². The Labute approximate surface area is 107 Å². The third-order valence-electron chi connectivity index (χ3n) is 4.97. The normalized spacial score (nSPS) is 37.4. The molecule has 1 saturated heterocycles. The Bertz CT molecular complexity index is 221. The quantitative estimate of drug-likeness (QED) is 0.800. The van der Waals surface area contributed by atoms with E-state index in [1.165, 1.54) is 70.9 Å². The van der Waals surface area contributed by atoms with E-state index in [0.29, 0.717) is 5.54 Å². The van der Waals surface area contributed by atoms with Crippen molar-refractivity contribution >= 4 is 0 Å². The highest BCUT2D eigenvalue weighted by molar-refractivity contribution is 4.96. The van der Waals surface area contributed by atoms with Crippen molar-refractivity contribution in [1.82, 2.24) is 4.90 Å². The van der Waals surface area contributed by atoms with E-state index < -0.39 is 0 Å². The van der Waals surface area contributed by atoms with Gasteiger partial charge in [0.25, 0.3) is 0 Å². The average molecular weight is 238 g/mol. The first-order valence-corrected chi connectivity index (χ1v) is 7.72. The lowest BCUT2D eigenvalue weighted by molar-refractivity contribution is 0.0328. The summed E-state index contributed by atoms with van der Waals surface area (Å²) in [5.41, 5.74) is 6.54. The Hall–Kier alpha value is -0.0800. The van der Waals surface area contributed by atoms with Gasteiger partial charge in [0.1, 0.15) is 0 Å². The molecule has 0 aromatic rings. The van der Waals surface area contributed by atoms with Crippen LogP contribution in [0, 0.1) is 5.92 Å². The molecule has 1 aliphatic carbocycles. The maximum absolute atomic E-state index is 6.18. The largest absolute Gasteiger partial charge is 0.329 e. The second-order valence-electron chi connectivity index (χ2n) is 6.38. The van der Waals surface area contributed by atoms with Gasteiger partial charge < -0.3 is 5.73 Å². The predicted molar refractivity (Wildman–Crippen MR) is 74.1 cm³/mol. The summed E-state index contributed by atoms with van der Waals surface area (Å²) in [5, 5.41) is 0. The Morgan fingerprint density at radius 3 is 2.29 bits per heavy atom. The third-order valence-corrected chi connectivity index (χ3v) is 4.97. The summed E-state index contributed by atoms with van der Waals surface area (Å²) in [6.45, 7) is 5.87. The molecule has 100 valence electrons. The van der Waals surface area contributed by atoms with E-state index >= 15 is 0 Å². The molecule has 0 spiro atoms. The van der Waals surface area contributed by atoms with Crippen LogP contribution in [0.2, 0.25) is 0 Å². The first-order chi connectivity index (χ1) is 8.27. The molecule has 2 aliphatic rings. The molecule has 2 heteroatoms. The average Bonchev–Trinajstić information content (AvgIpc) is 2.28. The van der Waals surface area contributed by atoms with Crippen LogP contribution >= 0.6 is 0 Å². The molecule has 1 heterocycles. The molecular weight excluding hydrogens is 208 g/mol. The maximum atomic E-state index is 6.18. The molecule has 0 aromatic carbocycles. The zero-order valence-electron chi connectivity index (χ0n) is 11.6. The van der Waals surface area contributed by atoms with Gasteiger partial charge >= 0.3 is 0 Å². The number of rotatable bonds is 2. The molecule has 2 atom stereocenters. The number of hydrogen-bond acceptors (Lipinski definition) is 2. The Balaban J connectivity index is 2.03. The van der Waals surface area contributed by atoms with Gasteiger partial charge in [-0.1, -0.05) is 39.0 Å². The minimum Gasteiger partial charge on any atom is -0.329 e. The van der Waals surface area contributed by atoms with Crippen molar-refractivity contribution < 1.29 is 0 Å². The zero-order chi connectivity index (χ0) is 12.1. The Morgan fingerprint density at radius 1 is 1.06 bits per heavy atom. The van der Waals surface area contributed by atoms with Gasteiger partial charge in [-0.2, -0.15) is 0 Å². The SMILES string of the molecule is CC1CCCC(CN)(N2CCCCCCC2)C1. The van der Waals surface area contributed by atoms with Gasteiger partial charge in [0.15, 0.2) is 0 Å². The topological polar surface area (TPSA) is 29.3 Å². The molecule has 17 heavy (non-hydrogen) atoms. The van der Waals surface area contributed by atoms with E-state index in [1.54, 1.807) is 0 Å². The lowest BCUT2D eigenvalue weighted by Gasteiger charge is -2.48. The van der Waals surface area contributed by atoms with Crippen LogP contribution < -0.4 is 5.73 Å². The summed E-state index contributed by atoms with van der Waals surface area (Å²) in [7, 11) is 0. The Kier molecular flexibility index (Phi) is 4.87. The molecule has 1 saturated carbocycles. The minimum atomic E-state index is 0.356. The van der Waals surface area contributed by atoms with Crippen LogP contribution in [0.5, 0.6) is 0 Å². The van der Waals surface area contributed by atoms with Crippen LogP contribution in [0.1, 0.15) is 64.7 Å². The number of likely N-dealkylation sites (tertiary alicyclic amines) is 1. The van der Waals surface area contributed by atoms with E-state index in [0.717, 1.165) is 12.5 Å². The summed E-state index contributed by atoms with van der Waals surface area (Å²) in [5.74, 6) is 0.873. The lowest BCUT2D eigenvalue weighted by Crippen LogP contribution is -2.56. The molecule has 2 rings (SSSR count). The molecule has 2 N–H and O–H groups in total. The summed E-state index contributed by atoms with van der Waals surface area (Å²) in [6, 6.07) is 0. The fourth-order valence-corrected chi connectivity index (χ4v) is 3.96. The molecule has 0 aromatic heterocycles. The van der Waals surface area contributed by atoms with Crippen molar-refractivity contribution in [2.75, 3.05) is 19.6 Å². The summed E-state index contributed by atoms with van der Waals surface area (Å²) in [4.78, 5) is 2.77. The second-order valence-corrected chi connectivity index (χ2v) is 6.38. The van der Waals surface area contributed by atoms with Crippen LogP contribution in [0.3, 0.4) is 0 Å². The van der Waals surface area contributed by atoms with Gasteiger partial charge in [-0.05, 0) is 44.7 Å². The first kappa shape index (κ1) is 13.4. The molecule has 0 amide bonds. The van der Waals surface area contributed by atoms with Crippen LogP contribution in [-0.4, -0.2) is 30.1 Å². The van der Waals surface area contributed by atoms with Crippen molar-refractivity contribution in [2.24, 2.45) is 11.7 Å². The van der Waals surface area contributed by atoms with E-state index in [2.05, 4.69) is 11.8 Å². The highest BCUT2D eigenvalue weighted by Gasteiger charge is 2.38. The third kappa shape index (κ3) is 3.23. The fraction of sp³-hybridized carbons (Fsp3) is 1.00. The van der Waals surface area contributed by atoms with Gasteiger partial charge in [0.2, 0.25) is 0 Å². The highest BCUT2D eigenvalue weighted by atomic mass is 15.2. The number of nitrogens with zero attached hydrogens (tertiary/aromatic N) is 1. The van der Waals surface area contributed by atoms with Crippen molar-refractivity contribution in [3.63, 3.8) is 0 Å². The van der Waals surface area contributed by atoms with Gasteiger partial charge in [0, 0.05) is 12.1 Å². The van der Waals surface area contributed by atoms with Crippen LogP contribution in [0.4, 0.5) is 0 Å². The zero-order valence-corrected chi connectivity index (χ0v) is 11.6.